The Morgan fingerprint density at radius 1 is 1.08 bits per heavy atom. The van der Waals surface area contributed by atoms with Crippen LogP contribution in [0.1, 0.15) is 25.0 Å². The second-order valence-electron chi connectivity index (χ2n) is 9.60. The van der Waals surface area contributed by atoms with Gasteiger partial charge in [0.2, 0.25) is 11.8 Å². The van der Waals surface area contributed by atoms with E-state index in [0.29, 0.717) is 16.6 Å². The Kier molecular flexibility index (Phi) is 8.16. The van der Waals surface area contributed by atoms with E-state index in [9.17, 15) is 14.4 Å². The number of ether oxygens (including phenoxy) is 1. The highest BCUT2D eigenvalue weighted by molar-refractivity contribution is 6.42. The van der Waals surface area contributed by atoms with Gasteiger partial charge < -0.3 is 19.9 Å². The third-order valence-corrected chi connectivity index (χ3v) is 7.41. The highest BCUT2D eigenvalue weighted by atomic mass is 35.5. The number of carbonyl (C=O) groups excluding carboxylic acids is 3. The van der Waals surface area contributed by atoms with Crippen LogP contribution in [0.2, 0.25) is 10.0 Å². The number of urea groups is 1. The summed E-state index contributed by atoms with van der Waals surface area (Å²) in [5, 5.41) is 6.93. The highest BCUT2D eigenvalue weighted by Gasteiger charge is 2.51. The SMILES string of the molecule is COc1ccc(CNC(=O)N2[C@H]3CN(Cc4ccc(Cl)c(Cl)c4)C(=O)[C@H](C(C)C)N3C(=O)CN2C)cc1. The number of amides is 4. The van der Waals surface area contributed by atoms with Crippen LogP contribution < -0.4 is 10.1 Å². The van der Waals surface area contributed by atoms with Gasteiger partial charge in [0, 0.05) is 20.1 Å². The molecule has 2 aliphatic heterocycles. The third-order valence-electron chi connectivity index (χ3n) is 6.67. The second-order valence-corrected chi connectivity index (χ2v) is 10.4. The first kappa shape index (κ1) is 27.0. The second kappa shape index (κ2) is 11.2. The molecule has 0 bridgehead atoms. The van der Waals surface area contributed by atoms with Crippen molar-refractivity contribution in [2.75, 3.05) is 27.2 Å². The topological polar surface area (TPSA) is 85.4 Å². The van der Waals surface area contributed by atoms with Gasteiger partial charge in [0.15, 0.2) is 0 Å². The van der Waals surface area contributed by atoms with Crippen LogP contribution in [0.15, 0.2) is 42.5 Å². The first-order valence-electron chi connectivity index (χ1n) is 12.1. The van der Waals surface area contributed by atoms with E-state index in [-0.39, 0.29) is 43.4 Å². The van der Waals surface area contributed by atoms with Gasteiger partial charge in [-0.2, -0.15) is 0 Å². The molecule has 198 valence electrons. The number of hydrogen-bond acceptors (Lipinski definition) is 5. The zero-order valence-corrected chi connectivity index (χ0v) is 22.8. The van der Waals surface area contributed by atoms with Crippen molar-refractivity contribution in [3.8, 4) is 5.75 Å². The number of piperazine rings is 1. The number of nitrogens with one attached hydrogen (secondary N) is 1. The maximum atomic E-state index is 13.6. The summed E-state index contributed by atoms with van der Waals surface area (Å²) in [6.45, 7) is 4.55. The molecule has 0 unspecified atom stereocenters. The van der Waals surface area contributed by atoms with Crippen molar-refractivity contribution in [2.24, 2.45) is 5.92 Å². The van der Waals surface area contributed by atoms with Gasteiger partial charge in [-0.25, -0.2) is 14.8 Å². The van der Waals surface area contributed by atoms with E-state index in [1.165, 1.54) is 5.01 Å². The monoisotopic (exact) mass is 547 g/mol. The van der Waals surface area contributed by atoms with Gasteiger partial charge >= 0.3 is 6.03 Å². The molecule has 0 spiro atoms. The molecule has 1 N–H and O–H groups in total. The van der Waals surface area contributed by atoms with Gasteiger partial charge in [0.1, 0.15) is 18.0 Å². The van der Waals surface area contributed by atoms with E-state index in [4.69, 9.17) is 27.9 Å². The number of hydrazine groups is 1. The standard InChI is InChI=1S/C26H31Cl2N5O4/c1-16(2)24-25(35)31(13-18-7-10-20(27)21(28)11-18)14-22-32(24)23(34)15-30(3)33(22)26(36)29-12-17-5-8-19(37-4)9-6-17/h5-11,16,22,24H,12-15H2,1-4H3,(H,29,36)/t22-,24-/m0/s1. The number of methoxy groups -OCH3 is 1. The summed E-state index contributed by atoms with van der Waals surface area (Å²) in [6.07, 6.45) is -0.657. The van der Waals surface area contributed by atoms with Crippen molar-refractivity contribution < 1.29 is 19.1 Å². The molecule has 0 aliphatic carbocycles. The van der Waals surface area contributed by atoms with Crippen LogP contribution in [0.25, 0.3) is 0 Å². The van der Waals surface area contributed by atoms with Crippen LogP contribution in [0.3, 0.4) is 0 Å². The number of benzene rings is 2. The van der Waals surface area contributed by atoms with Crippen molar-refractivity contribution in [3.05, 3.63) is 63.6 Å². The van der Waals surface area contributed by atoms with Crippen LogP contribution in [0, 0.1) is 5.92 Å². The number of rotatable bonds is 6. The smallest absolute Gasteiger partial charge is 0.334 e. The first-order valence-corrected chi connectivity index (χ1v) is 12.8. The predicted molar refractivity (Wildman–Crippen MR) is 141 cm³/mol. The normalized spacial score (nSPS) is 20.4. The molecule has 2 saturated heterocycles. The molecule has 0 radical (unpaired) electrons. The van der Waals surface area contributed by atoms with E-state index in [1.807, 2.05) is 44.2 Å². The molecule has 4 rings (SSSR count). The molecule has 37 heavy (non-hydrogen) atoms. The molecule has 2 heterocycles. The van der Waals surface area contributed by atoms with Gasteiger partial charge in [-0.15, -0.1) is 0 Å². The molecule has 2 fully saturated rings. The Balaban J connectivity index is 1.59. The van der Waals surface area contributed by atoms with Gasteiger partial charge in [-0.1, -0.05) is 55.2 Å². The largest absolute Gasteiger partial charge is 0.497 e. The Morgan fingerprint density at radius 3 is 2.38 bits per heavy atom. The number of fused-ring (bicyclic) bond motifs is 1. The molecule has 2 atom stereocenters. The first-order chi connectivity index (χ1) is 17.6. The number of nitrogens with zero attached hydrogens (tertiary/aromatic N) is 4. The summed E-state index contributed by atoms with van der Waals surface area (Å²) in [5.41, 5.74) is 1.71. The Labute approximate surface area is 226 Å². The van der Waals surface area contributed by atoms with Crippen LogP contribution in [0.5, 0.6) is 5.75 Å². The lowest BCUT2D eigenvalue weighted by Gasteiger charge is -2.55. The molecule has 9 nitrogen and oxygen atoms in total. The minimum atomic E-state index is -0.695. The molecule has 2 aromatic rings. The Bertz CT molecular complexity index is 1180. The van der Waals surface area contributed by atoms with E-state index >= 15 is 0 Å². The third kappa shape index (κ3) is 5.63. The summed E-state index contributed by atoms with van der Waals surface area (Å²) in [6, 6.07) is 11.6. The minimum absolute atomic E-state index is 0.00422. The number of carbonyl (C=O) groups is 3. The van der Waals surface area contributed by atoms with Crippen molar-refractivity contribution >= 4 is 41.0 Å². The van der Waals surface area contributed by atoms with Crippen molar-refractivity contribution in [2.45, 2.75) is 39.1 Å². The van der Waals surface area contributed by atoms with Crippen molar-refractivity contribution in [3.63, 3.8) is 0 Å². The minimum Gasteiger partial charge on any atom is -0.497 e. The predicted octanol–water partition coefficient (Wildman–Crippen LogP) is 3.60. The van der Waals surface area contributed by atoms with Crippen LogP contribution >= 0.6 is 23.2 Å². The van der Waals surface area contributed by atoms with Gasteiger partial charge in [-0.3, -0.25) is 9.59 Å². The average molecular weight is 548 g/mol. The van der Waals surface area contributed by atoms with Gasteiger partial charge in [-0.05, 0) is 41.3 Å². The molecule has 4 amide bonds. The quantitative estimate of drug-likeness (QED) is 0.597. The maximum Gasteiger partial charge on any atom is 0.334 e. The number of halogens is 2. The van der Waals surface area contributed by atoms with Crippen molar-refractivity contribution in [1.82, 2.24) is 25.1 Å². The molecule has 2 aliphatic rings. The fourth-order valence-electron chi connectivity index (χ4n) is 4.86. The highest BCUT2D eigenvalue weighted by Crippen LogP contribution is 2.31. The summed E-state index contributed by atoms with van der Waals surface area (Å²) in [4.78, 5) is 43.4. The lowest BCUT2D eigenvalue weighted by Crippen LogP contribution is -2.76. The molecule has 0 saturated carbocycles. The molecule has 11 heteroatoms. The van der Waals surface area contributed by atoms with Crippen molar-refractivity contribution in [1.29, 1.82) is 0 Å². The fourth-order valence-corrected chi connectivity index (χ4v) is 5.18. The van der Waals surface area contributed by atoms with E-state index in [2.05, 4.69) is 5.32 Å². The summed E-state index contributed by atoms with van der Waals surface area (Å²) < 4.78 is 5.19. The van der Waals surface area contributed by atoms with E-state index in [1.54, 1.807) is 41.1 Å². The summed E-state index contributed by atoms with van der Waals surface area (Å²) in [5.74, 6) is 0.235. The van der Waals surface area contributed by atoms with E-state index in [0.717, 1.165) is 16.9 Å². The lowest BCUT2D eigenvalue weighted by molar-refractivity contribution is -0.190. The molecule has 0 aromatic heterocycles. The molecular formula is C26H31Cl2N5O4. The fraction of sp³-hybridized carbons (Fsp3) is 0.423. The maximum absolute atomic E-state index is 13.6. The lowest BCUT2D eigenvalue weighted by atomic mass is 9.96. The zero-order chi connectivity index (χ0) is 26.9. The zero-order valence-electron chi connectivity index (χ0n) is 21.3. The van der Waals surface area contributed by atoms with Gasteiger partial charge in [0.05, 0.1) is 30.2 Å². The summed E-state index contributed by atoms with van der Waals surface area (Å²) >= 11 is 12.3. The van der Waals surface area contributed by atoms with Crippen LogP contribution in [-0.4, -0.2) is 77.1 Å². The van der Waals surface area contributed by atoms with Gasteiger partial charge in [0.25, 0.3) is 0 Å². The van der Waals surface area contributed by atoms with E-state index < -0.39 is 12.2 Å². The Morgan fingerprint density at radius 2 is 1.76 bits per heavy atom. The number of hydrogen-bond donors (Lipinski definition) is 1. The number of likely N-dealkylation sites (N-methyl/N-ethyl adjacent to an activating group) is 1. The molecule has 2 aromatic carbocycles. The summed E-state index contributed by atoms with van der Waals surface area (Å²) in [7, 11) is 3.30. The van der Waals surface area contributed by atoms with Crippen LogP contribution in [0.4, 0.5) is 4.79 Å². The molecular weight excluding hydrogens is 517 g/mol. The van der Waals surface area contributed by atoms with Crippen LogP contribution in [-0.2, 0) is 22.7 Å². The average Bonchev–Trinajstić information content (AvgIpc) is 2.86. The Hall–Kier alpha value is -3.01.